The summed E-state index contributed by atoms with van der Waals surface area (Å²) < 4.78 is 0. The molecule has 3 aromatic rings. The monoisotopic (exact) mass is 367 g/mol. The van der Waals surface area contributed by atoms with E-state index in [2.05, 4.69) is 15.2 Å². The average molecular weight is 367 g/mol. The maximum absolute atomic E-state index is 12.3. The molecule has 1 heterocycles. The molecule has 1 aromatic heterocycles. The molecule has 0 radical (unpaired) electrons. The van der Waals surface area contributed by atoms with E-state index in [1.54, 1.807) is 12.1 Å². The van der Waals surface area contributed by atoms with Gasteiger partial charge in [0, 0.05) is 11.3 Å². The van der Waals surface area contributed by atoms with Crippen LogP contribution in [-0.4, -0.2) is 26.3 Å². The fourth-order valence-electron chi connectivity index (χ4n) is 2.41. The van der Waals surface area contributed by atoms with Crippen molar-refractivity contribution < 1.29 is 9.90 Å². The summed E-state index contributed by atoms with van der Waals surface area (Å²) in [6.45, 7) is 3.99. The molecule has 2 aromatic carbocycles. The Hall–Kier alpha value is -2.93. The zero-order valence-corrected chi connectivity index (χ0v) is 15.1. The van der Waals surface area contributed by atoms with Gasteiger partial charge in [-0.2, -0.15) is 0 Å². The topological polar surface area (TPSA) is 95.9 Å². The van der Waals surface area contributed by atoms with E-state index in [4.69, 9.17) is 5.11 Å². The second-order valence-corrected chi connectivity index (χ2v) is 6.87. The van der Waals surface area contributed by atoms with E-state index in [9.17, 15) is 9.59 Å². The number of nitrogens with one attached hydrogen (secondary N) is 1. The van der Waals surface area contributed by atoms with Crippen molar-refractivity contribution in [2.75, 3.05) is 0 Å². The summed E-state index contributed by atoms with van der Waals surface area (Å²) in [4.78, 5) is 26.1. The lowest BCUT2D eigenvalue weighted by Crippen LogP contribution is -2.14. The van der Waals surface area contributed by atoms with Gasteiger partial charge in [-0.3, -0.25) is 9.78 Å². The number of aromatic amines is 1. The number of nitrogens with zero attached hydrogens (tertiary/aromatic N) is 2. The Bertz CT molecular complexity index is 1030. The van der Waals surface area contributed by atoms with Crippen molar-refractivity contribution >= 4 is 17.7 Å². The minimum atomic E-state index is -0.970. The first kappa shape index (κ1) is 17.9. The highest BCUT2D eigenvalue weighted by molar-refractivity contribution is 7.98. The molecule has 0 amide bonds. The standard InChI is InChI=1S/C19H17N3O3S/c1-11-6-7-14(8-12(11)2)16-17(23)20-19(22-21-16)26-10-13-4-3-5-15(9-13)18(24)25/h3-9H,10H2,1-2H3,(H,24,25)(H,20,22,23). The summed E-state index contributed by atoms with van der Waals surface area (Å²) in [6, 6.07) is 12.4. The van der Waals surface area contributed by atoms with Gasteiger partial charge in [0.25, 0.3) is 5.56 Å². The molecule has 3 rings (SSSR count). The Kier molecular flexibility index (Phi) is 5.18. The Balaban J connectivity index is 1.77. The van der Waals surface area contributed by atoms with E-state index >= 15 is 0 Å². The highest BCUT2D eigenvalue weighted by Gasteiger charge is 2.10. The molecule has 2 N–H and O–H groups in total. The van der Waals surface area contributed by atoms with Gasteiger partial charge in [-0.1, -0.05) is 36.0 Å². The number of benzene rings is 2. The molecular weight excluding hydrogens is 350 g/mol. The Morgan fingerprint density at radius 2 is 1.92 bits per heavy atom. The van der Waals surface area contributed by atoms with Gasteiger partial charge < -0.3 is 5.11 Å². The van der Waals surface area contributed by atoms with Crippen LogP contribution in [0.4, 0.5) is 0 Å². The SMILES string of the molecule is Cc1ccc(-c2nnc(SCc3cccc(C(=O)O)c3)[nH]c2=O)cc1C. The summed E-state index contributed by atoms with van der Waals surface area (Å²) in [5, 5.41) is 17.6. The molecule has 7 heteroatoms. The van der Waals surface area contributed by atoms with Gasteiger partial charge in [0.15, 0.2) is 10.9 Å². The molecule has 0 spiro atoms. The zero-order valence-electron chi connectivity index (χ0n) is 14.3. The van der Waals surface area contributed by atoms with E-state index in [1.807, 2.05) is 38.1 Å². The smallest absolute Gasteiger partial charge is 0.335 e. The van der Waals surface area contributed by atoms with Crippen molar-refractivity contribution in [2.45, 2.75) is 24.8 Å². The fraction of sp³-hybridized carbons (Fsp3) is 0.158. The minimum absolute atomic E-state index is 0.229. The van der Waals surface area contributed by atoms with Crippen molar-refractivity contribution in [3.63, 3.8) is 0 Å². The van der Waals surface area contributed by atoms with Crippen molar-refractivity contribution in [1.29, 1.82) is 0 Å². The van der Waals surface area contributed by atoms with Crippen LogP contribution < -0.4 is 5.56 Å². The molecule has 6 nitrogen and oxygen atoms in total. The second-order valence-electron chi connectivity index (χ2n) is 5.90. The number of carboxylic acid groups (broad SMARTS) is 1. The van der Waals surface area contributed by atoms with Crippen molar-refractivity contribution in [1.82, 2.24) is 15.2 Å². The first-order valence-electron chi connectivity index (χ1n) is 7.93. The molecular formula is C19H17N3O3S. The number of H-pyrrole nitrogens is 1. The molecule has 132 valence electrons. The number of carbonyl (C=O) groups is 1. The third kappa shape index (κ3) is 4.00. The van der Waals surface area contributed by atoms with Crippen LogP contribution in [0.5, 0.6) is 0 Å². The molecule has 0 atom stereocenters. The van der Waals surface area contributed by atoms with E-state index < -0.39 is 5.97 Å². The van der Waals surface area contributed by atoms with Crippen LogP contribution in [0, 0.1) is 13.8 Å². The van der Waals surface area contributed by atoms with Crippen LogP contribution >= 0.6 is 11.8 Å². The van der Waals surface area contributed by atoms with E-state index in [1.165, 1.54) is 17.8 Å². The van der Waals surface area contributed by atoms with Gasteiger partial charge in [0.2, 0.25) is 0 Å². The lowest BCUT2D eigenvalue weighted by molar-refractivity contribution is 0.0697. The lowest BCUT2D eigenvalue weighted by Gasteiger charge is -2.05. The van der Waals surface area contributed by atoms with Gasteiger partial charge in [-0.15, -0.1) is 10.2 Å². The Morgan fingerprint density at radius 1 is 1.12 bits per heavy atom. The van der Waals surface area contributed by atoms with Crippen LogP contribution in [0.1, 0.15) is 27.0 Å². The molecule has 0 unspecified atom stereocenters. The fourth-order valence-corrected chi connectivity index (χ4v) is 3.16. The number of aromatic nitrogens is 3. The van der Waals surface area contributed by atoms with Crippen LogP contribution in [0.3, 0.4) is 0 Å². The lowest BCUT2D eigenvalue weighted by atomic mass is 10.0. The maximum atomic E-state index is 12.3. The van der Waals surface area contributed by atoms with Crippen LogP contribution in [0.2, 0.25) is 0 Å². The van der Waals surface area contributed by atoms with Crippen LogP contribution in [0.25, 0.3) is 11.3 Å². The van der Waals surface area contributed by atoms with Crippen LogP contribution in [-0.2, 0) is 5.75 Å². The minimum Gasteiger partial charge on any atom is -0.478 e. The van der Waals surface area contributed by atoms with Gasteiger partial charge in [-0.05, 0) is 48.7 Å². The molecule has 0 aliphatic carbocycles. The van der Waals surface area contributed by atoms with Gasteiger partial charge in [0.1, 0.15) is 0 Å². The summed E-state index contributed by atoms with van der Waals surface area (Å²) in [5.41, 5.74) is 4.00. The predicted octanol–water partition coefficient (Wildman–Crippen LogP) is 3.44. The number of thioether (sulfide) groups is 1. The number of hydrogen-bond donors (Lipinski definition) is 2. The molecule has 0 fully saturated rings. The number of aryl methyl sites for hydroxylation is 2. The average Bonchev–Trinajstić information content (AvgIpc) is 2.63. The van der Waals surface area contributed by atoms with E-state index in [0.717, 1.165) is 22.3 Å². The third-order valence-corrected chi connectivity index (χ3v) is 4.94. The zero-order chi connectivity index (χ0) is 18.7. The molecule has 0 aliphatic heterocycles. The highest BCUT2D eigenvalue weighted by Crippen LogP contribution is 2.20. The van der Waals surface area contributed by atoms with Gasteiger partial charge in [0.05, 0.1) is 5.56 Å². The van der Waals surface area contributed by atoms with Gasteiger partial charge in [-0.25, -0.2) is 4.79 Å². The first-order valence-corrected chi connectivity index (χ1v) is 8.92. The normalized spacial score (nSPS) is 10.7. The third-order valence-electron chi connectivity index (χ3n) is 4.01. The maximum Gasteiger partial charge on any atom is 0.335 e. The summed E-state index contributed by atoms with van der Waals surface area (Å²) in [7, 11) is 0. The highest BCUT2D eigenvalue weighted by atomic mass is 32.2. The van der Waals surface area contributed by atoms with Crippen molar-refractivity contribution in [2.24, 2.45) is 0 Å². The molecule has 0 bridgehead atoms. The Morgan fingerprint density at radius 3 is 2.62 bits per heavy atom. The number of carboxylic acids is 1. The number of rotatable bonds is 5. The van der Waals surface area contributed by atoms with Crippen LogP contribution in [0.15, 0.2) is 52.4 Å². The summed E-state index contributed by atoms with van der Waals surface area (Å²) >= 11 is 1.30. The summed E-state index contributed by atoms with van der Waals surface area (Å²) in [6.07, 6.45) is 0. The first-order chi connectivity index (χ1) is 12.4. The quantitative estimate of drug-likeness (QED) is 0.671. The predicted molar refractivity (Wildman–Crippen MR) is 101 cm³/mol. The van der Waals surface area contributed by atoms with E-state index in [-0.39, 0.29) is 16.8 Å². The largest absolute Gasteiger partial charge is 0.478 e. The van der Waals surface area contributed by atoms with Gasteiger partial charge >= 0.3 is 5.97 Å². The molecule has 0 saturated carbocycles. The molecule has 26 heavy (non-hydrogen) atoms. The number of aromatic carboxylic acids is 1. The van der Waals surface area contributed by atoms with Crippen molar-refractivity contribution in [3.8, 4) is 11.3 Å². The molecule has 0 aliphatic rings. The van der Waals surface area contributed by atoms with Crippen molar-refractivity contribution in [3.05, 3.63) is 75.1 Å². The van der Waals surface area contributed by atoms with E-state index in [0.29, 0.717) is 10.9 Å². The summed E-state index contributed by atoms with van der Waals surface area (Å²) in [5.74, 6) is -0.489. The number of hydrogen-bond acceptors (Lipinski definition) is 5. The molecule has 0 saturated heterocycles. The Labute approximate surface area is 154 Å². The second kappa shape index (κ2) is 7.53.